The summed E-state index contributed by atoms with van der Waals surface area (Å²) in [6.45, 7) is 3.48. The molecule has 0 aliphatic heterocycles. The average molecular weight is 180 g/mol. The van der Waals surface area contributed by atoms with Crippen molar-refractivity contribution in [2.24, 2.45) is 5.92 Å². The van der Waals surface area contributed by atoms with Gasteiger partial charge in [-0.1, -0.05) is 30.9 Å². The van der Waals surface area contributed by atoms with Crippen LogP contribution < -0.4 is 0 Å². The number of hydrogen-bond acceptors (Lipinski definition) is 3. The van der Waals surface area contributed by atoms with Crippen molar-refractivity contribution in [3.63, 3.8) is 0 Å². The Kier molecular flexibility index (Phi) is 3.03. The molecule has 0 spiro atoms. The van der Waals surface area contributed by atoms with E-state index in [0.29, 0.717) is 0 Å². The maximum absolute atomic E-state index is 11.0. The predicted octanol–water partition coefficient (Wildman–Crippen LogP) is 0.819. The van der Waals surface area contributed by atoms with E-state index in [0.717, 1.165) is 0 Å². The van der Waals surface area contributed by atoms with Crippen molar-refractivity contribution in [1.29, 1.82) is 0 Å². The second-order valence-electron chi connectivity index (χ2n) is 2.81. The third-order valence-electron chi connectivity index (χ3n) is 1.95. The molecule has 0 saturated carbocycles. The highest BCUT2D eigenvalue weighted by molar-refractivity contribution is 5.88. The summed E-state index contributed by atoms with van der Waals surface area (Å²) in [7, 11) is 1.26. The minimum atomic E-state index is -0.887. The third-order valence-corrected chi connectivity index (χ3v) is 1.95. The largest absolute Gasteiger partial charge is 0.466 e. The number of allylic oxidation sites excluding steroid dienone is 2. The van der Waals surface area contributed by atoms with E-state index in [9.17, 15) is 9.90 Å². The molecule has 1 aliphatic rings. The molecular formula is C10H12O3. The molecule has 0 amide bonds. The molecule has 1 N–H and O–H groups in total. The highest BCUT2D eigenvalue weighted by Gasteiger charge is 2.23. The normalized spacial score (nSPS) is 17.4. The van der Waals surface area contributed by atoms with E-state index in [1.54, 1.807) is 12.2 Å². The maximum Gasteiger partial charge on any atom is 0.335 e. The fourth-order valence-corrected chi connectivity index (χ4v) is 1.14. The number of methoxy groups -OCH3 is 1. The smallest absolute Gasteiger partial charge is 0.335 e. The van der Waals surface area contributed by atoms with E-state index in [1.165, 1.54) is 7.11 Å². The minimum absolute atomic E-state index is 0.0868. The number of carbonyl (C=O) groups excluding carboxylic acids is 1. The van der Waals surface area contributed by atoms with Gasteiger partial charge in [-0.15, -0.1) is 0 Å². The molecular weight excluding hydrogens is 168 g/mol. The zero-order valence-corrected chi connectivity index (χ0v) is 7.43. The second-order valence-corrected chi connectivity index (χ2v) is 2.81. The van der Waals surface area contributed by atoms with Crippen molar-refractivity contribution in [3.8, 4) is 0 Å². The second kappa shape index (κ2) is 4.05. The van der Waals surface area contributed by atoms with Gasteiger partial charge in [0.2, 0.25) is 0 Å². The van der Waals surface area contributed by atoms with Crippen LogP contribution in [0, 0.1) is 5.92 Å². The van der Waals surface area contributed by atoms with Crippen LogP contribution in [0.15, 0.2) is 36.5 Å². The Labute approximate surface area is 77.0 Å². The van der Waals surface area contributed by atoms with Crippen molar-refractivity contribution in [3.05, 3.63) is 36.5 Å². The van der Waals surface area contributed by atoms with Gasteiger partial charge in [-0.3, -0.25) is 0 Å². The maximum atomic E-state index is 11.0. The third kappa shape index (κ3) is 2.06. The Morgan fingerprint density at radius 3 is 2.54 bits per heavy atom. The quantitative estimate of drug-likeness (QED) is 0.516. The van der Waals surface area contributed by atoms with Gasteiger partial charge < -0.3 is 9.84 Å². The first-order valence-corrected chi connectivity index (χ1v) is 3.97. The van der Waals surface area contributed by atoms with Crippen molar-refractivity contribution in [2.45, 2.75) is 6.10 Å². The van der Waals surface area contributed by atoms with E-state index in [-0.39, 0.29) is 11.5 Å². The predicted molar refractivity (Wildman–Crippen MR) is 48.9 cm³/mol. The Hall–Kier alpha value is -1.35. The van der Waals surface area contributed by atoms with Crippen LogP contribution in [-0.4, -0.2) is 24.3 Å². The van der Waals surface area contributed by atoms with Crippen LogP contribution in [-0.2, 0) is 9.53 Å². The summed E-state index contributed by atoms with van der Waals surface area (Å²) in [4.78, 5) is 11.0. The summed E-state index contributed by atoms with van der Waals surface area (Å²) in [5, 5.41) is 9.62. The summed E-state index contributed by atoms with van der Waals surface area (Å²) in [6, 6.07) is 0. The summed E-state index contributed by atoms with van der Waals surface area (Å²) >= 11 is 0. The Morgan fingerprint density at radius 2 is 2.08 bits per heavy atom. The Bertz CT molecular complexity index is 264. The first-order chi connectivity index (χ1) is 6.16. The van der Waals surface area contributed by atoms with Gasteiger partial charge in [-0.25, -0.2) is 4.79 Å². The number of ether oxygens (including phenoxy) is 1. The topological polar surface area (TPSA) is 46.5 Å². The SMILES string of the molecule is C=C(C(=O)OC)C(O)C1C=CC=C1. The van der Waals surface area contributed by atoms with Gasteiger partial charge in [0.25, 0.3) is 0 Å². The molecule has 70 valence electrons. The molecule has 3 nitrogen and oxygen atoms in total. The van der Waals surface area contributed by atoms with Crippen LogP contribution in [0.25, 0.3) is 0 Å². The zero-order chi connectivity index (χ0) is 9.84. The summed E-state index contributed by atoms with van der Waals surface area (Å²) in [5.41, 5.74) is 0.0868. The van der Waals surface area contributed by atoms with Crippen LogP contribution in [0.5, 0.6) is 0 Å². The van der Waals surface area contributed by atoms with Gasteiger partial charge in [0.1, 0.15) is 0 Å². The Balaban J connectivity index is 2.61. The molecule has 0 fully saturated rings. The van der Waals surface area contributed by atoms with Crippen molar-refractivity contribution in [2.75, 3.05) is 7.11 Å². The molecule has 0 aromatic carbocycles. The molecule has 0 aromatic rings. The van der Waals surface area contributed by atoms with Gasteiger partial charge in [0.15, 0.2) is 0 Å². The van der Waals surface area contributed by atoms with E-state index < -0.39 is 12.1 Å². The molecule has 1 rings (SSSR count). The molecule has 3 heteroatoms. The standard InChI is InChI=1S/C10H12O3/c1-7(10(12)13-2)9(11)8-5-3-4-6-8/h3-6,8-9,11H,1H2,2H3. The lowest BCUT2D eigenvalue weighted by molar-refractivity contribution is -0.137. The molecule has 0 saturated heterocycles. The molecule has 0 aromatic heterocycles. The zero-order valence-electron chi connectivity index (χ0n) is 7.43. The molecule has 0 bridgehead atoms. The number of aliphatic hydroxyl groups is 1. The first kappa shape index (κ1) is 9.74. The molecule has 0 heterocycles. The monoisotopic (exact) mass is 180 g/mol. The van der Waals surface area contributed by atoms with Gasteiger partial charge in [-0.2, -0.15) is 0 Å². The van der Waals surface area contributed by atoms with Crippen LogP contribution in [0.2, 0.25) is 0 Å². The molecule has 0 radical (unpaired) electrons. The number of esters is 1. The summed E-state index contributed by atoms with van der Waals surface area (Å²) in [6.07, 6.45) is 6.36. The molecule has 1 atom stereocenters. The first-order valence-electron chi connectivity index (χ1n) is 3.97. The van der Waals surface area contributed by atoms with E-state index >= 15 is 0 Å². The fraction of sp³-hybridized carbons (Fsp3) is 0.300. The molecule has 1 aliphatic carbocycles. The van der Waals surface area contributed by atoms with Crippen LogP contribution in [0.1, 0.15) is 0 Å². The van der Waals surface area contributed by atoms with E-state index in [4.69, 9.17) is 0 Å². The van der Waals surface area contributed by atoms with Crippen molar-refractivity contribution < 1.29 is 14.6 Å². The van der Waals surface area contributed by atoms with E-state index in [1.807, 2.05) is 12.2 Å². The number of hydrogen-bond donors (Lipinski definition) is 1. The van der Waals surface area contributed by atoms with Gasteiger partial charge in [-0.05, 0) is 0 Å². The van der Waals surface area contributed by atoms with Gasteiger partial charge in [0, 0.05) is 5.92 Å². The molecule has 1 unspecified atom stereocenters. The van der Waals surface area contributed by atoms with Gasteiger partial charge in [0.05, 0.1) is 18.8 Å². The average Bonchev–Trinajstić information content (AvgIpc) is 2.67. The lowest BCUT2D eigenvalue weighted by Gasteiger charge is -2.15. The lowest BCUT2D eigenvalue weighted by Crippen LogP contribution is -2.24. The minimum Gasteiger partial charge on any atom is -0.466 e. The van der Waals surface area contributed by atoms with E-state index in [2.05, 4.69) is 11.3 Å². The number of carbonyl (C=O) groups is 1. The van der Waals surface area contributed by atoms with Gasteiger partial charge >= 0.3 is 5.97 Å². The number of aliphatic hydroxyl groups excluding tert-OH is 1. The fourth-order valence-electron chi connectivity index (χ4n) is 1.14. The van der Waals surface area contributed by atoms with Crippen LogP contribution in [0.3, 0.4) is 0 Å². The van der Waals surface area contributed by atoms with Crippen LogP contribution >= 0.6 is 0 Å². The summed E-state index contributed by atoms with van der Waals surface area (Å²) in [5.74, 6) is -0.729. The highest BCUT2D eigenvalue weighted by atomic mass is 16.5. The van der Waals surface area contributed by atoms with Crippen molar-refractivity contribution in [1.82, 2.24) is 0 Å². The summed E-state index contributed by atoms with van der Waals surface area (Å²) < 4.78 is 4.45. The van der Waals surface area contributed by atoms with Crippen LogP contribution in [0.4, 0.5) is 0 Å². The Morgan fingerprint density at radius 1 is 1.54 bits per heavy atom. The molecule has 13 heavy (non-hydrogen) atoms. The number of rotatable bonds is 3. The lowest BCUT2D eigenvalue weighted by atomic mass is 9.98. The van der Waals surface area contributed by atoms with Crippen molar-refractivity contribution >= 4 is 5.97 Å². The highest BCUT2D eigenvalue weighted by Crippen LogP contribution is 2.19.